The van der Waals surface area contributed by atoms with Crippen molar-refractivity contribution in [1.82, 2.24) is 10.2 Å². The number of nitrogens with zero attached hydrogens (tertiary/aromatic N) is 2. The van der Waals surface area contributed by atoms with E-state index in [2.05, 4.69) is 15.5 Å². The second kappa shape index (κ2) is 5.01. The molecular formula is C11H12N4O2S. The number of hydrogen-bond acceptors (Lipinski definition) is 6. The number of benzene rings is 1. The largest absolute Gasteiger partial charge is 0.505 e. The standard InChI is InChI=1S/C11H12N4O2S/c1-2-8-14-15-11(18-8)13-10(17)6-4-3-5-7(12)9(6)16/h3-5,16H,2,12H2,1H3,(H,13,15,17). The lowest BCUT2D eigenvalue weighted by atomic mass is 10.1. The molecule has 0 unspecified atom stereocenters. The predicted octanol–water partition coefficient (Wildman–Crippen LogP) is 1.64. The normalized spacial score (nSPS) is 10.3. The minimum atomic E-state index is -0.460. The molecule has 0 atom stereocenters. The molecule has 0 saturated heterocycles. The van der Waals surface area contributed by atoms with Gasteiger partial charge in [0.2, 0.25) is 5.13 Å². The number of amides is 1. The number of phenols is 1. The lowest BCUT2D eigenvalue weighted by Crippen LogP contribution is -2.12. The third kappa shape index (κ3) is 2.40. The Hall–Kier alpha value is -2.15. The molecule has 1 heterocycles. The third-order valence-corrected chi connectivity index (χ3v) is 3.28. The predicted molar refractivity (Wildman–Crippen MR) is 69.8 cm³/mol. The van der Waals surface area contributed by atoms with Crippen LogP contribution >= 0.6 is 11.3 Å². The number of rotatable bonds is 3. The average Bonchev–Trinajstić information content (AvgIpc) is 2.80. The number of aromatic nitrogens is 2. The number of carbonyl (C=O) groups excluding carboxylic acids is 1. The summed E-state index contributed by atoms with van der Waals surface area (Å²) in [6.45, 7) is 1.95. The molecular weight excluding hydrogens is 252 g/mol. The number of nitrogens with two attached hydrogens (primary N) is 1. The Kier molecular flexibility index (Phi) is 3.42. The smallest absolute Gasteiger partial charge is 0.261 e. The van der Waals surface area contributed by atoms with Gasteiger partial charge in [-0.2, -0.15) is 0 Å². The van der Waals surface area contributed by atoms with Gasteiger partial charge in [0.05, 0.1) is 11.3 Å². The molecule has 7 heteroatoms. The fourth-order valence-corrected chi connectivity index (χ4v) is 2.03. The number of carbonyl (C=O) groups is 1. The quantitative estimate of drug-likeness (QED) is 0.578. The van der Waals surface area contributed by atoms with Gasteiger partial charge in [-0.05, 0) is 18.6 Å². The number of hydrogen-bond donors (Lipinski definition) is 3. The zero-order valence-electron chi connectivity index (χ0n) is 9.67. The van der Waals surface area contributed by atoms with Crippen molar-refractivity contribution in [2.75, 3.05) is 11.1 Å². The zero-order chi connectivity index (χ0) is 13.1. The van der Waals surface area contributed by atoms with Crippen LogP contribution in [0.3, 0.4) is 0 Å². The Balaban J connectivity index is 2.19. The van der Waals surface area contributed by atoms with Gasteiger partial charge in [-0.25, -0.2) is 0 Å². The zero-order valence-corrected chi connectivity index (χ0v) is 10.5. The molecule has 0 fully saturated rings. The summed E-state index contributed by atoms with van der Waals surface area (Å²) in [5.41, 5.74) is 5.80. The monoisotopic (exact) mass is 264 g/mol. The van der Waals surface area contributed by atoms with E-state index in [4.69, 9.17) is 5.73 Å². The first-order chi connectivity index (χ1) is 8.61. The summed E-state index contributed by atoms with van der Waals surface area (Å²) >= 11 is 1.30. The summed E-state index contributed by atoms with van der Waals surface area (Å²) < 4.78 is 0. The van der Waals surface area contributed by atoms with E-state index in [1.54, 1.807) is 6.07 Å². The SMILES string of the molecule is CCc1nnc(NC(=O)c2cccc(N)c2O)s1. The van der Waals surface area contributed by atoms with Gasteiger partial charge in [0.25, 0.3) is 5.91 Å². The van der Waals surface area contributed by atoms with Gasteiger partial charge in [-0.3, -0.25) is 10.1 Å². The second-order valence-electron chi connectivity index (χ2n) is 3.55. The Morgan fingerprint density at radius 1 is 1.50 bits per heavy atom. The van der Waals surface area contributed by atoms with Gasteiger partial charge in [0.15, 0.2) is 5.75 Å². The van der Waals surface area contributed by atoms with Gasteiger partial charge in [-0.1, -0.05) is 24.3 Å². The molecule has 2 aromatic rings. The highest BCUT2D eigenvalue weighted by Gasteiger charge is 2.14. The van der Waals surface area contributed by atoms with Crippen LogP contribution in [-0.2, 0) is 6.42 Å². The van der Waals surface area contributed by atoms with Crippen molar-refractivity contribution in [3.8, 4) is 5.75 Å². The first-order valence-corrected chi connectivity index (χ1v) is 6.14. The van der Waals surface area contributed by atoms with Crippen molar-refractivity contribution < 1.29 is 9.90 Å². The van der Waals surface area contributed by atoms with Gasteiger partial charge in [0.1, 0.15) is 5.01 Å². The third-order valence-electron chi connectivity index (χ3n) is 2.30. The average molecular weight is 264 g/mol. The van der Waals surface area contributed by atoms with Gasteiger partial charge in [0, 0.05) is 0 Å². The number of nitrogens with one attached hydrogen (secondary N) is 1. The van der Waals surface area contributed by atoms with E-state index in [0.29, 0.717) is 5.13 Å². The maximum atomic E-state index is 11.9. The number of phenolic OH excluding ortho intramolecular Hbond substituents is 1. The van der Waals surface area contributed by atoms with Crippen LogP contribution in [-0.4, -0.2) is 21.2 Å². The van der Waals surface area contributed by atoms with Crippen LogP contribution in [0.4, 0.5) is 10.8 Å². The molecule has 0 saturated carbocycles. The molecule has 4 N–H and O–H groups in total. The lowest BCUT2D eigenvalue weighted by Gasteiger charge is -2.05. The topological polar surface area (TPSA) is 101 Å². The summed E-state index contributed by atoms with van der Waals surface area (Å²) in [6.07, 6.45) is 0.761. The van der Waals surface area contributed by atoms with E-state index in [1.165, 1.54) is 23.5 Å². The molecule has 1 aromatic heterocycles. The number of aryl methyl sites for hydroxylation is 1. The maximum Gasteiger partial charge on any atom is 0.261 e. The molecule has 0 aliphatic carbocycles. The highest BCUT2D eigenvalue weighted by atomic mass is 32.1. The second-order valence-corrected chi connectivity index (χ2v) is 4.61. The molecule has 0 spiro atoms. The van der Waals surface area contributed by atoms with E-state index in [0.717, 1.165) is 11.4 Å². The summed E-state index contributed by atoms with van der Waals surface area (Å²) in [6, 6.07) is 4.61. The lowest BCUT2D eigenvalue weighted by molar-refractivity contribution is 0.102. The van der Waals surface area contributed by atoms with Crippen LogP contribution in [0.15, 0.2) is 18.2 Å². The van der Waals surface area contributed by atoms with E-state index in [-0.39, 0.29) is 17.0 Å². The van der Waals surface area contributed by atoms with Crippen LogP contribution in [0, 0.1) is 0 Å². The molecule has 0 bridgehead atoms. The van der Waals surface area contributed by atoms with Crippen molar-refractivity contribution in [3.63, 3.8) is 0 Å². The number of nitrogen functional groups attached to an aromatic ring is 1. The van der Waals surface area contributed by atoms with Crippen molar-refractivity contribution in [1.29, 1.82) is 0 Å². The van der Waals surface area contributed by atoms with E-state index in [1.807, 2.05) is 6.92 Å². The van der Waals surface area contributed by atoms with Crippen molar-refractivity contribution in [2.24, 2.45) is 0 Å². The number of para-hydroxylation sites is 1. The van der Waals surface area contributed by atoms with Crippen molar-refractivity contribution >= 4 is 28.1 Å². The Labute approximate surface area is 107 Å². The minimum absolute atomic E-state index is 0.114. The fraction of sp³-hybridized carbons (Fsp3) is 0.182. The highest BCUT2D eigenvalue weighted by Crippen LogP contribution is 2.25. The first-order valence-electron chi connectivity index (χ1n) is 5.33. The Bertz CT molecular complexity index is 582. The number of aromatic hydroxyl groups is 1. The van der Waals surface area contributed by atoms with Crippen molar-refractivity contribution in [3.05, 3.63) is 28.8 Å². The Morgan fingerprint density at radius 2 is 2.28 bits per heavy atom. The summed E-state index contributed by atoms with van der Waals surface area (Å²) in [7, 11) is 0. The minimum Gasteiger partial charge on any atom is -0.505 e. The van der Waals surface area contributed by atoms with Crippen LogP contribution in [0.2, 0.25) is 0 Å². The maximum absolute atomic E-state index is 11.9. The molecule has 1 aromatic carbocycles. The molecule has 6 nitrogen and oxygen atoms in total. The van der Waals surface area contributed by atoms with Crippen LogP contribution in [0.1, 0.15) is 22.3 Å². The molecule has 18 heavy (non-hydrogen) atoms. The van der Waals surface area contributed by atoms with Crippen molar-refractivity contribution in [2.45, 2.75) is 13.3 Å². The van der Waals surface area contributed by atoms with Gasteiger partial charge < -0.3 is 10.8 Å². The summed E-state index contributed by atoms with van der Waals surface area (Å²) in [5.74, 6) is -0.686. The molecule has 1 amide bonds. The first kappa shape index (κ1) is 12.3. The highest BCUT2D eigenvalue weighted by molar-refractivity contribution is 7.15. The molecule has 2 rings (SSSR count). The summed E-state index contributed by atoms with van der Waals surface area (Å²) in [4.78, 5) is 11.9. The molecule has 0 radical (unpaired) electrons. The van der Waals surface area contributed by atoms with Gasteiger partial charge >= 0.3 is 0 Å². The van der Waals surface area contributed by atoms with Crippen LogP contribution in [0.25, 0.3) is 0 Å². The Morgan fingerprint density at radius 3 is 2.94 bits per heavy atom. The van der Waals surface area contributed by atoms with E-state index < -0.39 is 5.91 Å². The number of anilines is 2. The summed E-state index contributed by atoms with van der Waals surface area (Å²) in [5, 5.41) is 21.2. The fourth-order valence-electron chi connectivity index (χ4n) is 1.36. The van der Waals surface area contributed by atoms with Crippen LogP contribution in [0.5, 0.6) is 5.75 Å². The van der Waals surface area contributed by atoms with Crippen LogP contribution < -0.4 is 11.1 Å². The molecule has 94 valence electrons. The van der Waals surface area contributed by atoms with E-state index >= 15 is 0 Å². The molecule has 0 aliphatic heterocycles. The van der Waals surface area contributed by atoms with Gasteiger partial charge in [-0.15, -0.1) is 10.2 Å². The molecule has 0 aliphatic rings. The van der Waals surface area contributed by atoms with E-state index in [9.17, 15) is 9.90 Å².